The molecule has 0 saturated carbocycles. The molecule has 0 heterocycles. The highest BCUT2D eigenvalue weighted by Gasteiger charge is 2.15. The summed E-state index contributed by atoms with van der Waals surface area (Å²) in [6.07, 6.45) is 0.0767. The predicted octanol–water partition coefficient (Wildman–Crippen LogP) is 2.92. The van der Waals surface area contributed by atoms with E-state index in [1.807, 2.05) is 0 Å². The molecule has 1 rings (SSSR count). The summed E-state index contributed by atoms with van der Waals surface area (Å²) in [5.74, 6) is -0.259. The average molecular weight is 300 g/mol. The number of alkyl carbamates (subject to hydrolysis) is 1. The fourth-order valence-electron chi connectivity index (χ4n) is 1.44. The minimum Gasteiger partial charge on any atom is -0.493 e. The summed E-state index contributed by atoms with van der Waals surface area (Å²) >= 11 is 0. The normalized spacial score (nSPS) is 10.9. The van der Waals surface area contributed by atoms with E-state index in [0.29, 0.717) is 25.3 Å². The van der Waals surface area contributed by atoms with E-state index in [9.17, 15) is 9.18 Å². The Bertz CT molecular complexity index is 475. The first-order chi connectivity index (χ1) is 9.81. The predicted molar refractivity (Wildman–Crippen MR) is 76.2 cm³/mol. The second kappa shape index (κ2) is 7.68. The van der Waals surface area contributed by atoms with Crippen molar-refractivity contribution in [2.45, 2.75) is 32.8 Å². The molecular formula is C14H21FN2O4. The smallest absolute Gasteiger partial charge is 0.407 e. The van der Waals surface area contributed by atoms with Crippen molar-refractivity contribution >= 4 is 11.8 Å². The number of carbonyl (C=O) groups is 1. The van der Waals surface area contributed by atoms with Crippen LogP contribution in [-0.4, -0.2) is 30.1 Å². The number of rotatable bonds is 6. The Hall–Kier alpha value is -2.02. The van der Waals surface area contributed by atoms with Crippen LogP contribution >= 0.6 is 0 Å². The van der Waals surface area contributed by atoms with Gasteiger partial charge in [-0.1, -0.05) is 0 Å². The second-order valence-corrected chi connectivity index (χ2v) is 5.38. The van der Waals surface area contributed by atoms with E-state index < -0.39 is 17.5 Å². The molecule has 1 amide bonds. The van der Waals surface area contributed by atoms with Crippen LogP contribution in [0.3, 0.4) is 0 Å². The van der Waals surface area contributed by atoms with Gasteiger partial charge in [0.05, 0.1) is 12.3 Å². The minimum atomic E-state index is -0.609. The van der Waals surface area contributed by atoms with Crippen molar-refractivity contribution in [1.82, 2.24) is 5.32 Å². The van der Waals surface area contributed by atoms with Crippen molar-refractivity contribution in [2.24, 2.45) is 0 Å². The maximum atomic E-state index is 13.3. The van der Waals surface area contributed by atoms with Crippen LogP contribution in [0.15, 0.2) is 18.2 Å². The third-order valence-corrected chi connectivity index (χ3v) is 2.32. The number of halogens is 1. The van der Waals surface area contributed by atoms with Crippen molar-refractivity contribution in [2.75, 3.05) is 18.6 Å². The third kappa shape index (κ3) is 6.80. The Morgan fingerprint density at radius 1 is 1.38 bits per heavy atom. The molecule has 1 aromatic rings. The van der Waals surface area contributed by atoms with Crippen molar-refractivity contribution in [3.05, 3.63) is 24.0 Å². The lowest BCUT2D eigenvalue weighted by atomic mass is 10.2. The molecule has 118 valence electrons. The summed E-state index contributed by atoms with van der Waals surface area (Å²) in [7, 11) is 0. The number of ether oxygens (including phenoxy) is 2. The Morgan fingerprint density at radius 2 is 2.10 bits per heavy atom. The Kier molecular flexibility index (Phi) is 6.23. The molecule has 0 spiro atoms. The standard InChI is InChI=1S/C14H21FN2O4/c1-14(2,3)21-13(18)16-7-4-8-20-10-5-6-12(17-19)11(15)9-10/h5-6,9,17,19H,4,7-8H2,1-3H3,(H,16,18). The number of hydrogen-bond acceptors (Lipinski definition) is 5. The molecule has 0 atom stereocenters. The largest absolute Gasteiger partial charge is 0.493 e. The second-order valence-electron chi connectivity index (χ2n) is 5.38. The van der Waals surface area contributed by atoms with Crippen LogP contribution in [0.4, 0.5) is 14.9 Å². The minimum absolute atomic E-state index is 0.0195. The number of amides is 1. The molecule has 0 aliphatic carbocycles. The van der Waals surface area contributed by atoms with Gasteiger partial charge >= 0.3 is 6.09 Å². The highest BCUT2D eigenvalue weighted by atomic mass is 19.1. The Morgan fingerprint density at radius 3 is 2.67 bits per heavy atom. The molecule has 0 unspecified atom stereocenters. The fourth-order valence-corrected chi connectivity index (χ4v) is 1.44. The molecule has 0 aliphatic rings. The van der Waals surface area contributed by atoms with Crippen LogP contribution in [0.2, 0.25) is 0 Å². The summed E-state index contributed by atoms with van der Waals surface area (Å²) in [6.45, 7) is 6.08. The first-order valence-electron chi connectivity index (χ1n) is 6.61. The van der Waals surface area contributed by atoms with Gasteiger partial charge in [-0.25, -0.2) is 9.18 Å². The lowest BCUT2D eigenvalue weighted by molar-refractivity contribution is 0.0525. The van der Waals surface area contributed by atoms with Crippen LogP contribution in [0.25, 0.3) is 0 Å². The van der Waals surface area contributed by atoms with Gasteiger partial charge in [0, 0.05) is 12.6 Å². The maximum absolute atomic E-state index is 13.3. The molecule has 0 aromatic heterocycles. The van der Waals surface area contributed by atoms with Crippen LogP contribution < -0.4 is 15.5 Å². The summed E-state index contributed by atoms with van der Waals surface area (Å²) in [5, 5.41) is 11.2. The summed E-state index contributed by atoms with van der Waals surface area (Å²) in [4.78, 5) is 11.4. The summed E-state index contributed by atoms with van der Waals surface area (Å²) in [5.41, 5.74) is 1.19. The van der Waals surface area contributed by atoms with Crippen molar-refractivity contribution in [1.29, 1.82) is 0 Å². The van der Waals surface area contributed by atoms with Crippen LogP contribution in [0.1, 0.15) is 27.2 Å². The molecule has 21 heavy (non-hydrogen) atoms. The fraction of sp³-hybridized carbons (Fsp3) is 0.500. The topological polar surface area (TPSA) is 79.8 Å². The molecule has 0 aliphatic heterocycles. The van der Waals surface area contributed by atoms with Gasteiger partial charge in [0.15, 0.2) is 5.82 Å². The number of nitrogens with one attached hydrogen (secondary N) is 2. The zero-order chi connectivity index (χ0) is 15.9. The van der Waals surface area contributed by atoms with Gasteiger partial charge in [0.2, 0.25) is 0 Å². The Balaban J connectivity index is 2.23. The highest BCUT2D eigenvalue weighted by molar-refractivity contribution is 5.67. The van der Waals surface area contributed by atoms with Gasteiger partial charge in [-0.05, 0) is 39.3 Å². The maximum Gasteiger partial charge on any atom is 0.407 e. The number of benzene rings is 1. The lowest BCUT2D eigenvalue weighted by Crippen LogP contribution is -2.33. The highest BCUT2D eigenvalue weighted by Crippen LogP contribution is 2.20. The van der Waals surface area contributed by atoms with E-state index in [4.69, 9.17) is 14.7 Å². The molecular weight excluding hydrogens is 279 g/mol. The molecule has 0 bridgehead atoms. The van der Waals surface area contributed by atoms with Gasteiger partial charge < -0.3 is 14.8 Å². The van der Waals surface area contributed by atoms with E-state index in [-0.39, 0.29) is 5.69 Å². The van der Waals surface area contributed by atoms with Gasteiger partial charge in [0.1, 0.15) is 11.4 Å². The monoisotopic (exact) mass is 300 g/mol. The molecule has 7 heteroatoms. The van der Waals surface area contributed by atoms with E-state index in [1.54, 1.807) is 26.3 Å². The van der Waals surface area contributed by atoms with Crippen LogP contribution in [0, 0.1) is 5.82 Å². The molecule has 0 saturated heterocycles. The van der Waals surface area contributed by atoms with Gasteiger partial charge in [-0.3, -0.25) is 10.7 Å². The zero-order valence-electron chi connectivity index (χ0n) is 12.4. The molecule has 1 aromatic carbocycles. The number of anilines is 1. The van der Waals surface area contributed by atoms with Crippen molar-refractivity contribution in [3.63, 3.8) is 0 Å². The molecule has 6 nitrogen and oxygen atoms in total. The third-order valence-electron chi connectivity index (χ3n) is 2.32. The van der Waals surface area contributed by atoms with Crippen molar-refractivity contribution in [3.8, 4) is 5.75 Å². The average Bonchev–Trinajstić information content (AvgIpc) is 2.36. The Labute approximate surface area is 123 Å². The molecule has 3 N–H and O–H groups in total. The first kappa shape index (κ1) is 17.0. The van der Waals surface area contributed by atoms with Gasteiger partial charge in [0.25, 0.3) is 0 Å². The first-order valence-corrected chi connectivity index (χ1v) is 6.61. The molecule has 0 fully saturated rings. The van der Waals surface area contributed by atoms with E-state index >= 15 is 0 Å². The SMILES string of the molecule is CC(C)(C)OC(=O)NCCCOc1ccc(NO)c(F)c1. The number of hydrogen-bond donors (Lipinski definition) is 3. The van der Waals surface area contributed by atoms with E-state index in [1.165, 1.54) is 18.2 Å². The van der Waals surface area contributed by atoms with Crippen molar-refractivity contribution < 1.29 is 23.9 Å². The quantitative estimate of drug-likeness (QED) is 0.556. The van der Waals surface area contributed by atoms with E-state index in [2.05, 4.69) is 5.32 Å². The van der Waals surface area contributed by atoms with Gasteiger partial charge in [-0.2, -0.15) is 0 Å². The summed E-state index contributed by atoms with van der Waals surface area (Å²) < 4.78 is 23.7. The van der Waals surface area contributed by atoms with Crippen LogP contribution in [0.5, 0.6) is 5.75 Å². The van der Waals surface area contributed by atoms with Gasteiger partial charge in [-0.15, -0.1) is 0 Å². The van der Waals surface area contributed by atoms with E-state index in [0.717, 1.165) is 0 Å². The number of carbonyl (C=O) groups excluding carboxylic acids is 1. The molecule has 0 radical (unpaired) electrons. The summed E-state index contributed by atoms with van der Waals surface area (Å²) in [6, 6.07) is 4.06. The lowest BCUT2D eigenvalue weighted by Gasteiger charge is -2.19. The zero-order valence-corrected chi connectivity index (χ0v) is 12.4. The van der Waals surface area contributed by atoms with Crippen LogP contribution in [-0.2, 0) is 4.74 Å².